The number of likely N-dealkylation sites (N-methyl/N-ethyl adjacent to an activating group) is 2. The number of benzene rings is 2. The minimum Gasteiger partial charge on any atom is -0.496 e. The summed E-state index contributed by atoms with van der Waals surface area (Å²) in [5.41, 5.74) is 6.09. The fourth-order valence-corrected chi connectivity index (χ4v) is 3.67. The summed E-state index contributed by atoms with van der Waals surface area (Å²) in [6.07, 6.45) is 0. The Hall–Kier alpha value is -2.86. The number of hydrogen-bond acceptors (Lipinski definition) is 4. The summed E-state index contributed by atoms with van der Waals surface area (Å²) in [5, 5.41) is 2.92. The Bertz CT molecular complexity index is 881. The van der Waals surface area contributed by atoms with Crippen LogP contribution in [0.3, 0.4) is 0 Å². The van der Waals surface area contributed by atoms with Crippen LogP contribution >= 0.6 is 0 Å². The molecule has 6 nitrogen and oxygen atoms in total. The fraction of sp³-hybridized carbons (Fsp3) is 0.417. The number of carbonyl (C=O) groups excluding carboxylic acids is 2. The first-order chi connectivity index (χ1) is 14.1. The van der Waals surface area contributed by atoms with E-state index in [-0.39, 0.29) is 24.9 Å². The van der Waals surface area contributed by atoms with Gasteiger partial charge in [0.25, 0.3) is 0 Å². The highest BCUT2D eigenvalue weighted by Gasteiger charge is 2.17. The van der Waals surface area contributed by atoms with Crippen molar-refractivity contribution in [2.75, 3.05) is 39.6 Å². The van der Waals surface area contributed by atoms with Gasteiger partial charge < -0.3 is 15.0 Å². The van der Waals surface area contributed by atoms with Crippen molar-refractivity contribution in [3.05, 3.63) is 58.1 Å². The lowest BCUT2D eigenvalue weighted by Crippen LogP contribution is -2.40. The summed E-state index contributed by atoms with van der Waals surface area (Å²) in [6, 6.07) is 10.0. The Balaban J connectivity index is 1.91. The van der Waals surface area contributed by atoms with Crippen molar-refractivity contribution >= 4 is 17.5 Å². The molecule has 0 aliphatic rings. The van der Waals surface area contributed by atoms with Gasteiger partial charge in [0.1, 0.15) is 5.75 Å². The van der Waals surface area contributed by atoms with Crippen molar-refractivity contribution in [1.29, 1.82) is 0 Å². The Morgan fingerprint density at radius 2 is 1.50 bits per heavy atom. The molecule has 0 saturated heterocycles. The van der Waals surface area contributed by atoms with E-state index in [2.05, 4.69) is 17.4 Å². The number of para-hydroxylation sites is 1. The van der Waals surface area contributed by atoms with Gasteiger partial charge in [-0.05, 0) is 62.6 Å². The van der Waals surface area contributed by atoms with Gasteiger partial charge in [0.15, 0.2) is 0 Å². The normalized spacial score (nSPS) is 10.8. The summed E-state index contributed by atoms with van der Waals surface area (Å²) in [4.78, 5) is 28.4. The van der Waals surface area contributed by atoms with Gasteiger partial charge in [0.2, 0.25) is 11.8 Å². The van der Waals surface area contributed by atoms with Crippen LogP contribution in [0.5, 0.6) is 5.75 Å². The summed E-state index contributed by atoms with van der Waals surface area (Å²) in [7, 11) is 5.23. The molecule has 2 aromatic carbocycles. The molecule has 0 unspecified atom stereocenters. The van der Waals surface area contributed by atoms with E-state index in [1.807, 2.05) is 57.8 Å². The van der Waals surface area contributed by atoms with E-state index < -0.39 is 0 Å². The summed E-state index contributed by atoms with van der Waals surface area (Å²) in [5.74, 6) is 0.593. The van der Waals surface area contributed by atoms with Crippen LogP contribution in [-0.4, -0.2) is 55.9 Å². The Morgan fingerprint density at radius 1 is 0.933 bits per heavy atom. The van der Waals surface area contributed by atoms with Gasteiger partial charge in [-0.2, -0.15) is 0 Å². The van der Waals surface area contributed by atoms with Crippen molar-refractivity contribution in [2.24, 2.45) is 0 Å². The smallest absolute Gasteiger partial charge is 0.243 e. The fourth-order valence-electron chi connectivity index (χ4n) is 3.67. The van der Waals surface area contributed by atoms with E-state index in [0.29, 0.717) is 6.54 Å². The highest BCUT2D eigenvalue weighted by molar-refractivity contribution is 5.95. The molecule has 1 N–H and O–H groups in total. The van der Waals surface area contributed by atoms with E-state index in [1.54, 1.807) is 14.2 Å². The molecule has 0 spiro atoms. The lowest BCUT2D eigenvalue weighted by molar-refractivity contribution is -0.134. The van der Waals surface area contributed by atoms with Crippen LogP contribution in [0.25, 0.3) is 0 Å². The second-order valence-corrected chi connectivity index (χ2v) is 8.00. The van der Waals surface area contributed by atoms with E-state index in [4.69, 9.17) is 4.74 Å². The first-order valence-corrected chi connectivity index (χ1v) is 10.0. The number of nitrogens with one attached hydrogen (secondary N) is 1. The first-order valence-electron chi connectivity index (χ1n) is 10.0. The number of anilines is 1. The summed E-state index contributed by atoms with van der Waals surface area (Å²) >= 11 is 0. The molecule has 0 atom stereocenters. The van der Waals surface area contributed by atoms with Crippen molar-refractivity contribution in [3.8, 4) is 5.75 Å². The van der Waals surface area contributed by atoms with Crippen LogP contribution in [0.2, 0.25) is 0 Å². The van der Waals surface area contributed by atoms with E-state index in [0.717, 1.165) is 39.3 Å². The highest BCUT2D eigenvalue weighted by atomic mass is 16.5. The zero-order valence-electron chi connectivity index (χ0n) is 19.1. The molecule has 0 saturated carbocycles. The molecular formula is C24H33N3O3. The maximum absolute atomic E-state index is 12.6. The molecule has 6 heteroatoms. The molecule has 0 aliphatic heterocycles. The van der Waals surface area contributed by atoms with Crippen LogP contribution in [0, 0.1) is 27.7 Å². The third kappa shape index (κ3) is 6.07. The highest BCUT2D eigenvalue weighted by Crippen LogP contribution is 2.24. The maximum Gasteiger partial charge on any atom is 0.243 e. The van der Waals surface area contributed by atoms with Gasteiger partial charge in [-0.3, -0.25) is 14.5 Å². The van der Waals surface area contributed by atoms with Crippen molar-refractivity contribution in [2.45, 2.75) is 34.2 Å². The number of ether oxygens (including phenoxy) is 1. The van der Waals surface area contributed by atoms with E-state index in [1.165, 1.54) is 4.90 Å². The molecule has 0 bridgehead atoms. The van der Waals surface area contributed by atoms with Gasteiger partial charge in [-0.25, -0.2) is 0 Å². The third-order valence-corrected chi connectivity index (χ3v) is 5.13. The Kier molecular flexibility index (Phi) is 8.00. The molecule has 0 aliphatic carbocycles. The molecule has 2 rings (SSSR count). The molecule has 0 radical (unpaired) electrons. The molecule has 162 valence electrons. The predicted octanol–water partition coefficient (Wildman–Crippen LogP) is 3.46. The number of nitrogens with zero attached hydrogens (tertiary/aromatic N) is 2. The number of carbonyl (C=O) groups is 2. The van der Waals surface area contributed by atoms with Crippen molar-refractivity contribution < 1.29 is 14.3 Å². The van der Waals surface area contributed by atoms with Crippen LogP contribution in [0.1, 0.15) is 27.8 Å². The molecule has 30 heavy (non-hydrogen) atoms. The molecule has 0 heterocycles. The van der Waals surface area contributed by atoms with Gasteiger partial charge >= 0.3 is 0 Å². The lowest BCUT2D eigenvalue weighted by Gasteiger charge is -2.22. The van der Waals surface area contributed by atoms with Crippen LogP contribution in [0.4, 0.5) is 5.69 Å². The van der Waals surface area contributed by atoms with Crippen LogP contribution in [0.15, 0.2) is 30.3 Å². The Morgan fingerprint density at radius 3 is 2.03 bits per heavy atom. The molecular weight excluding hydrogens is 378 g/mol. The zero-order chi connectivity index (χ0) is 22.4. The van der Waals surface area contributed by atoms with Crippen LogP contribution in [-0.2, 0) is 16.1 Å². The first kappa shape index (κ1) is 23.4. The summed E-state index contributed by atoms with van der Waals surface area (Å²) < 4.78 is 5.41. The molecule has 2 amide bonds. The molecule has 2 aromatic rings. The minimum atomic E-state index is -0.202. The Labute approximate surface area is 179 Å². The average Bonchev–Trinajstić information content (AvgIpc) is 2.64. The van der Waals surface area contributed by atoms with Gasteiger partial charge in [-0.15, -0.1) is 0 Å². The average molecular weight is 412 g/mol. The van der Waals surface area contributed by atoms with Gasteiger partial charge in [0.05, 0.1) is 20.2 Å². The second kappa shape index (κ2) is 10.3. The van der Waals surface area contributed by atoms with Gasteiger partial charge in [-0.1, -0.05) is 30.3 Å². The largest absolute Gasteiger partial charge is 0.496 e. The second-order valence-electron chi connectivity index (χ2n) is 8.00. The minimum absolute atomic E-state index is 0.0151. The predicted molar refractivity (Wildman–Crippen MR) is 121 cm³/mol. The zero-order valence-corrected chi connectivity index (χ0v) is 19.1. The van der Waals surface area contributed by atoms with Crippen molar-refractivity contribution in [3.63, 3.8) is 0 Å². The number of hydrogen-bond donors (Lipinski definition) is 1. The monoisotopic (exact) mass is 411 g/mol. The van der Waals surface area contributed by atoms with Crippen molar-refractivity contribution in [1.82, 2.24) is 9.80 Å². The van der Waals surface area contributed by atoms with Gasteiger partial charge in [0, 0.05) is 19.3 Å². The lowest BCUT2D eigenvalue weighted by atomic mass is 10.1. The quantitative estimate of drug-likeness (QED) is 0.723. The number of rotatable bonds is 8. The number of amides is 2. The standard InChI is InChI=1S/C24H33N3O3/c1-16-9-8-10-17(2)23(16)25-21(28)14-27(6)22(29)15-26(5)13-20-11-18(3)24(30-7)19(4)12-20/h8-12H,13-15H2,1-7H3,(H,25,28). The SMILES string of the molecule is COc1c(C)cc(CN(C)CC(=O)N(C)CC(=O)Nc2c(C)cccc2C)cc1C. The van der Waals surface area contributed by atoms with E-state index in [9.17, 15) is 9.59 Å². The summed E-state index contributed by atoms with van der Waals surface area (Å²) in [6.45, 7) is 8.83. The third-order valence-electron chi connectivity index (χ3n) is 5.13. The van der Waals surface area contributed by atoms with E-state index >= 15 is 0 Å². The number of methoxy groups -OCH3 is 1. The molecule has 0 aromatic heterocycles. The number of aryl methyl sites for hydroxylation is 4. The molecule has 0 fully saturated rings. The topological polar surface area (TPSA) is 61.9 Å². The van der Waals surface area contributed by atoms with Crippen LogP contribution < -0.4 is 10.1 Å². The maximum atomic E-state index is 12.6.